The fourth-order valence-corrected chi connectivity index (χ4v) is 2.26. The van der Waals surface area contributed by atoms with Gasteiger partial charge in [-0.1, -0.05) is 26.0 Å². The molecule has 0 N–H and O–H groups in total. The maximum Gasteiger partial charge on any atom is 0.341 e. The minimum Gasteiger partial charge on any atom is -0.469 e. The number of carbonyl (C=O) groups is 2. The summed E-state index contributed by atoms with van der Waals surface area (Å²) < 4.78 is 11.0. The lowest BCUT2D eigenvalue weighted by molar-refractivity contribution is -0.139. The first kappa shape index (κ1) is 16.7. The zero-order valence-electron chi connectivity index (χ0n) is 13.7. The summed E-state index contributed by atoms with van der Waals surface area (Å²) in [6.45, 7) is 4.22. The second-order valence-electron chi connectivity index (χ2n) is 5.41. The number of carbonyl (C=O) groups excluding carboxylic acids is 2. The van der Waals surface area contributed by atoms with Crippen LogP contribution in [0.1, 0.15) is 41.4 Å². The average molecular weight is 316 g/mol. The van der Waals surface area contributed by atoms with Gasteiger partial charge in [0.15, 0.2) is 0 Å². The van der Waals surface area contributed by atoms with Crippen LogP contribution in [-0.2, 0) is 20.7 Å². The summed E-state index contributed by atoms with van der Waals surface area (Å²) >= 11 is 0. The van der Waals surface area contributed by atoms with E-state index in [1.807, 2.05) is 24.3 Å². The fraction of sp³-hybridized carbons (Fsp3) is 0.353. The Hall–Kier alpha value is -2.63. The Bertz CT molecular complexity index is 702. The van der Waals surface area contributed by atoms with Gasteiger partial charge in [-0.15, -0.1) is 0 Å². The van der Waals surface area contributed by atoms with E-state index in [1.165, 1.54) is 26.0 Å². The normalized spacial score (nSPS) is 10.7. The molecule has 1 aromatic carbocycles. The molecule has 0 aliphatic heterocycles. The van der Waals surface area contributed by atoms with Gasteiger partial charge in [0.1, 0.15) is 5.56 Å². The largest absolute Gasteiger partial charge is 0.469 e. The number of methoxy groups -OCH3 is 2. The lowest BCUT2D eigenvalue weighted by Crippen LogP contribution is -2.14. The number of rotatable bonds is 5. The number of ether oxygens (including phenoxy) is 2. The molecule has 0 aliphatic rings. The van der Waals surface area contributed by atoms with Crippen molar-refractivity contribution >= 4 is 11.9 Å². The Morgan fingerprint density at radius 3 is 2.30 bits per heavy atom. The van der Waals surface area contributed by atoms with Gasteiger partial charge < -0.3 is 9.47 Å². The molecule has 1 aromatic heterocycles. The maximum absolute atomic E-state index is 11.9. The monoisotopic (exact) mass is 316 g/mol. The van der Waals surface area contributed by atoms with Gasteiger partial charge in [0.25, 0.3) is 0 Å². The highest BCUT2D eigenvalue weighted by atomic mass is 16.5. The molecule has 6 nitrogen and oxygen atoms in total. The average Bonchev–Trinajstić information content (AvgIpc) is 2.97. The summed E-state index contributed by atoms with van der Waals surface area (Å²) in [6.07, 6.45) is 1.34. The third kappa shape index (κ3) is 3.59. The third-order valence-corrected chi connectivity index (χ3v) is 3.62. The molecule has 0 fully saturated rings. The van der Waals surface area contributed by atoms with Gasteiger partial charge >= 0.3 is 11.9 Å². The van der Waals surface area contributed by atoms with Gasteiger partial charge in [0.2, 0.25) is 0 Å². The molecule has 0 aliphatic carbocycles. The van der Waals surface area contributed by atoms with Crippen molar-refractivity contribution in [3.8, 4) is 5.69 Å². The van der Waals surface area contributed by atoms with Crippen LogP contribution in [0.25, 0.3) is 5.69 Å². The summed E-state index contributed by atoms with van der Waals surface area (Å²) in [5.41, 5.74) is 2.67. The molecule has 6 heteroatoms. The van der Waals surface area contributed by atoms with Crippen LogP contribution in [0.2, 0.25) is 0 Å². The van der Waals surface area contributed by atoms with Crippen LogP contribution in [0.3, 0.4) is 0 Å². The van der Waals surface area contributed by atoms with Gasteiger partial charge in [0.05, 0.1) is 38.2 Å². The van der Waals surface area contributed by atoms with Crippen LogP contribution in [0, 0.1) is 0 Å². The van der Waals surface area contributed by atoms with Crippen molar-refractivity contribution in [2.75, 3.05) is 14.2 Å². The van der Waals surface area contributed by atoms with E-state index >= 15 is 0 Å². The fourth-order valence-electron chi connectivity index (χ4n) is 2.26. The lowest BCUT2D eigenvalue weighted by atomic mass is 10.0. The standard InChI is InChI=1S/C17H20N2O4/c1-11(2)12-5-7-13(8-6-12)19-15(9-16(20)22-3)14(10-18-19)17(21)23-4/h5-8,10-11H,9H2,1-4H3. The molecule has 23 heavy (non-hydrogen) atoms. The molecule has 1 heterocycles. The van der Waals surface area contributed by atoms with E-state index in [2.05, 4.69) is 18.9 Å². The zero-order chi connectivity index (χ0) is 17.0. The van der Waals surface area contributed by atoms with Crippen LogP contribution in [0.5, 0.6) is 0 Å². The molecule has 0 bridgehead atoms. The van der Waals surface area contributed by atoms with Crippen molar-refractivity contribution in [1.29, 1.82) is 0 Å². The first-order valence-electron chi connectivity index (χ1n) is 7.30. The molecule has 0 radical (unpaired) electrons. The lowest BCUT2D eigenvalue weighted by Gasteiger charge is -2.10. The van der Waals surface area contributed by atoms with Crippen molar-refractivity contribution < 1.29 is 19.1 Å². The Kier molecular flexibility index (Phi) is 5.16. The topological polar surface area (TPSA) is 70.4 Å². The van der Waals surface area contributed by atoms with Gasteiger partial charge in [-0.25, -0.2) is 9.48 Å². The molecule has 0 atom stereocenters. The van der Waals surface area contributed by atoms with Crippen LogP contribution in [0.4, 0.5) is 0 Å². The number of hydrogen-bond acceptors (Lipinski definition) is 5. The van der Waals surface area contributed by atoms with Gasteiger partial charge in [0, 0.05) is 0 Å². The van der Waals surface area contributed by atoms with Crippen LogP contribution >= 0.6 is 0 Å². The molecule has 122 valence electrons. The van der Waals surface area contributed by atoms with E-state index in [9.17, 15) is 9.59 Å². The van der Waals surface area contributed by atoms with Crippen molar-refractivity contribution in [3.05, 3.63) is 47.3 Å². The highest BCUT2D eigenvalue weighted by Gasteiger charge is 2.21. The number of benzene rings is 1. The molecule has 0 saturated carbocycles. The minimum atomic E-state index is -0.533. The molecule has 0 unspecified atom stereocenters. The Morgan fingerprint density at radius 1 is 1.13 bits per heavy atom. The molecule has 2 aromatic rings. The zero-order valence-corrected chi connectivity index (χ0v) is 13.7. The first-order valence-corrected chi connectivity index (χ1v) is 7.30. The van der Waals surface area contributed by atoms with E-state index < -0.39 is 11.9 Å². The molecule has 0 saturated heterocycles. The highest BCUT2D eigenvalue weighted by molar-refractivity contribution is 5.92. The smallest absolute Gasteiger partial charge is 0.341 e. The Labute approximate surface area is 135 Å². The summed E-state index contributed by atoms with van der Waals surface area (Å²) in [4.78, 5) is 23.5. The van der Waals surface area contributed by atoms with Crippen molar-refractivity contribution in [2.45, 2.75) is 26.2 Å². The summed E-state index contributed by atoms with van der Waals surface area (Å²) in [6, 6.07) is 7.82. The van der Waals surface area contributed by atoms with Gasteiger partial charge in [-0.05, 0) is 23.6 Å². The van der Waals surface area contributed by atoms with E-state index in [1.54, 1.807) is 4.68 Å². The summed E-state index contributed by atoms with van der Waals surface area (Å²) in [7, 11) is 2.59. The van der Waals surface area contributed by atoms with Crippen LogP contribution in [-0.4, -0.2) is 35.9 Å². The van der Waals surface area contributed by atoms with Gasteiger partial charge in [-0.3, -0.25) is 4.79 Å². The van der Waals surface area contributed by atoms with Crippen LogP contribution < -0.4 is 0 Å². The predicted octanol–water partition coefficient (Wildman–Crippen LogP) is 2.50. The minimum absolute atomic E-state index is 0.0626. The molecule has 0 spiro atoms. The summed E-state index contributed by atoms with van der Waals surface area (Å²) in [5, 5.41) is 4.23. The van der Waals surface area contributed by atoms with Gasteiger partial charge in [-0.2, -0.15) is 5.10 Å². The molecular formula is C17H20N2O4. The second kappa shape index (κ2) is 7.09. The molecule has 2 rings (SSSR count). The molecular weight excluding hydrogens is 296 g/mol. The van der Waals surface area contributed by atoms with Crippen molar-refractivity contribution in [1.82, 2.24) is 9.78 Å². The number of hydrogen-bond donors (Lipinski definition) is 0. The SMILES string of the molecule is COC(=O)Cc1c(C(=O)OC)cnn1-c1ccc(C(C)C)cc1. The van der Waals surface area contributed by atoms with Crippen molar-refractivity contribution in [3.63, 3.8) is 0 Å². The maximum atomic E-state index is 11.9. The van der Waals surface area contributed by atoms with E-state index in [4.69, 9.17) is 9.47 Å². The van der Waals surface area contributed by atoms with Crippen molar-refractivity contribution in [2.24, 2.45) is 0 Å². The van der Waals surface area contributed by atoms with E-state index in [0.29, 0.717) is 11.6 Å². The third-order valence-electron chi connectivity index (χ3n) is 3.62. The highest BCUT2D eigenvalue weighted by Crippen LogP contribution is 2.20. The van der Waals surface area contributed by atoms with E-state index in [-0.39, 0.29) is 12.0 Å². The molecule has 0 amide bonds. The van der Waals surface area contributed by atoms with Crippen LogP contribution in [0.15, 0.2) is 30.5 Å². The Morgan fingerprint density at radius 2 is 1.78 bits per heavy atom. The predicted molar refractivity (Wildman–Crippen MR) is 84.7 cm³/mol. The number of esters is 2. The number of aromatic nitrogens is 2. The summed E-state index contributed by atoms with van der Waals surface area (Å²) in [5.74, 6) is -0.563. The number of nitrogens with zero attached hydrogens (tertiary/aromatic N) is 2. The quantitative estimate of drug-likeness (QED) is 0.793. The Balaban J connectivity index is 2.46. The van der Waals surface area contributed by atoms with E-state index in [0.717, 1.165) is 5.69 Å². The second-order valence-corrected chi connectivity index (χ2v) is 5.41. The first-order chi connectivity index (χ1) is 11.0.